The van der Waals surface area contributed by atoms with Gasteiger partial charge in [0.2, 0.25) is 0 Å². The first kappa shape index (κ1) is 9.25. The lowest BCUT2D eigenvalue weighted by molar-refractivity contribution is 0.848. The zero-order chi connectivity index (χ0) is 9.97. The molecule has 0 bridgehead atoms. The summed E-state index contributed by atoms with van der Waals surface area (Å²) < 4.78 is 0. The van der Waals surface area contributed by atoms with Crippen LogP contribution < -0.4 is 5.32 Å². The lowest BCUT2D eigenvalue weighted by Crippen LogP contribution is -2.08. The van der Waals surface area contributed by atoms with Crippen molar-refractivity contribution in [2.24, 2.45) is 10.9 Å². The third-order valence-corrected chi connectivity index (χ3v) is 2.46. The molecule has 1 heterocycles. The van der Waals surface area contributed by atoms with Gasteiger partial charge in [0, 0.05) is 12.2 Å². The number of nitrogens with one attached hydrogen (secondary N) is 1. The van der Waals surface area contributed by atoms with Crippen LogP contribution in [0.1, 0.15) is 19.8 Å². The van der Waals surface area contributed by atoms with Gasteiger partial charge in [0.25, 0.3) is 0 Å². The fourth-order valence-corrected chi connectivity index (χ4v) is 1.50. The molecule has 0 aromatic rings. The van der Waals surface area contributed by atoms with E-state index in [9.17, 15) is 0 Å². The van der Waals surface area contributed by atoms with Crippen LogP contribution in [0.4, 0.5) is 0 Å². The van der Waals surface area contributed by atoms with Crippen molar-refractivity contribution < 1.29 is 0 Å². The summed E-state index contributed by atoms with van der Waals surface area (Å²) in [6, 6.07) is 0. The average Bonchev–Trinajstić information content (AvgIpc) is 2.90. The van der Waals surface area contributed by atoms with Gasteiger partial charge >= 0.3 is 0 Å². The van der Waals surface area contributed by atoms with Crippen molar-refractivity contribution in [1.29, 1.82) is 0 Å². The molecule has 2 rings (SSSR count). The van der Waals surface area contributed by atoms with Crippen LogP contribution in [-0.2, 0) is 0 Å². The van der Waals surface area contributed by atoms with Gasteiger partial charge in [-0.25, -0.2) is 0 Å². The number of nitrogens with zero attached hydrogens (tertiary/aromatic N) is 1. The van der Waals surface area contributed by atoms with Gasteiger partial charge in [0.1, 0.15) is 0 Å². The Balaban J connectivity index is 2.09. The lowest BCUT2D eigenvalue weighted by atomic mass is 10.2. The van der Waals surface area contributed by atoms with Crippen LogP contribution in [0.15, 0.2) is 41.2 Å². The van der Waals surface area contributed by atoms with Crippen molar-refractivity contribution >= 4 is 5.71 Å². The summed E-state index contributed by atoms with van der Waals surface area (Å²) in [5, 5.41) is 3.27. The van der Waals surface area contributed by atoms with Gasteiger partial charge in [0.05, 0.1) is 11.4 Å². The van der Waals surface area contributed by atoms with Crippen molar-refractivity contribution in [1.82, 2.24) is 5.32 Å². The summed E-state index contributed by atoms with van der Waals surface area (Å²) in [7, 11) is 0. The number of hydrogen-bond acceptors (Lipinski definition) is 2. The summed E-state index contributed by atoms with van der Waals surface area (Å²) in [5.41, 5.74) is 3.32. The summed E-state index contributed by atoms with van der Waals surface area (Å²) in [4.78, 5) is 4.60. The molecule has 1 aliphatic carbocycles. The largest absolute Gasteiger partial charge is 0.357 e. The summed E-state index contributed by atoms with van der Waals surface area (Å²) >= 11 is 0. The molecule has 0 amide bonds. The zero-order valence-corrected chi connectivity index (χ0v) is 8.59. The van der Waals surface area contributed by atoms with Crippen LogP contribution in [0.5, 0.6) is 0 Å². The quantitative estimate of drug-likeness (QED) is 0.722. The molecule has 1 saturated carbocycles. The van der Waals surface area contributed by atoms with Gasteiger partial charge in [-0.1, -0.05) is 12.7 Å². The molecular weight excluding hydrogens is 172 g/mol. The van der Waals surface area contributed by atoms with Gasteiger partial charge in [-0.05, 0) is 37.8 Å². The molecule has 2 nitrogen and oxygen atoms in total. The summed E-state index contributed by atoms with van der Waals surface area (Å²) in [6.45, 7) is 6.73. The van der Waals surface area contributed by atoms with E-state index in [4.69, 9.17) is 0 Å². The maximum Gasteiger partial charge on any atom is 0.0826 e. The van der Waals surface area contributed by atoms with Crippen molar-refractivity contribution in [2.45, 2.75) is 19.8 Å². The molecule has 0 aromatic carbocycles. The molecule has 0 spiro atoms. The van der Waals surface area contributed by atoms with Gasteiger partial charge in [-0.15, -0.1) is 0 Å². The Morgan fingerprint density at radius 3 is 3.07 bits per heavy atom. The third-order valence-electron chi connectivity index (χ3n) is 2.46. The fourth-order valence-electron chi connectivity index (χ4n) is 1.50. The lowest BCUT2D eigenvalue weighted by Gasteiger charge is -2.00. The van der Waals surface area contributed by atoms with Crippen LogP contribution in [-0.4, -0.2) is 12.3 Å². The molecule has 0 atom stereocenters. The molecule has 2 aliphatic rings. The monoisotopic (exact) mass is 188 g/mol. The average molecular weight is 188 g/mol. The molecule has 74 valence electrons. The second kappa shape index (κ2) is 3.82. The third kappa shape index (κ3) is 2.13. The molecule has 1 aliphatic heterocycles. The first-order chi connectivity index (χ1) is 6.79. The molecule has 0 saturated heterocycles. The Morgan fingerprint density at radius 1 is 1.64 bits per heavy atom. The van der Waals surface area contributed by atoms with Crippen LogP contribution in [0.3, 0.4) is 0 Å². The molecule has 0 unspecified atom stereocenters. The Morgan fingerprint density at radius 2 is 2.43 bits per heavy atom. The van der Waals surface area contributed by atoms with E-state index < -0.39 is 0 Å². The van der Waals surface area contributed by atoms with E-state index in [0.717, 1.165) is 29.6 Å². The highest BCUT2D eigenvalue weighted by Gasteiger charge is 2.21. The van der Waals surface area contributed by atoms with Gasteiger partial charge in [-0.2, -0.15) is 0 Å². The highest BCUT2D eigenvalue weighted by atomic mass is 15.0. The van der Waals surface area contributed by atoms with E-state index in [0.29, 0.717) is 0 Å². The minimum Gasteiger partial charge on any atom is -0.357 e. The van der Waals surface area contributed by atoms with Crippen LogP contribution in [0.2, 0.25) is 0 Å². The van der Waals surface area contributed by atoms with E-state index in [1.165, 1.54) is 12.8 Å². The molecule has 2 heteroatoms. The van der Waals surface area contributed by atoms with Crippen molar-refractivity contribution in [2.75, 3.05) is 6.54 Å². The maximum absolute atomic E-state index is 4.60. The number of rotatable bonds is 3. The summed E-state index contributed by atoms with van der Waals surface area (Å²) in [6.07, 6.45) is 8.57. The Labute approximate surface area is 85.1 Å². The molecule has 14 heavy (non-hydrogen) atoms. The van der Waals surface area contributed by atoms with Crippen LogP contribution in [0.25, 0.3) is 0 Å². The summed E-state index contributed by atoms with van der Waals surface area (Å²) in [5.74, 6) is 0.849. The highest BCUT2D eigenvalue weighted by molar-refractivity contribution is 6.11. The maximum atomic E-state index is 4.60. The Hall–Kier alpha value is -1.31. The SMILES string of the molecule is C=C/C=C1/NC(C)=C/C1=N/CC1CC1. The topological polar surface area (TPSA) is 24.4 Å². The molecule has 1 N–H and O–H groups in total. The molecular formula is C12H16N2. The van der Waals surface area contributed by atoms with E-state index >= 15 is 0 Å². The van der Waals surface area contributed by atoms with E-state index in [2.05, 4.69) is 29.9 Å². The number of hydrogen-bond donors (Lipinski definition) is 1. The van der Waals surface area contributed by atoms with Crippen molar-refractivity contribution in [3.8, 4) is 0 Å². The molecule has 1 fully saturated rings. The van der Waals surface area contributed by atoms with Crippen molar-refractivity contribution in [3.63, 3.8) is 0 Å². The number of aliphatic imine (C=N–C) groups is 1. The van der Waals surface area contributed by atoms with E-state index in [-0.39, 0.29) is 0 Å². The normalized spacial score (nSPS) is 26.5. The van der Waals surface area contributed by atoms with Gasteiger partial charge in [0.15, 0.2) is 0 Å². The Kier molecular flexibility index (Phi) is 2.53. The molecule has 0 radical (unpaired) electrons. The van der Waals surface area contributed by atoms with Crippen molar-refractivity contribution in [3.05, 3.63) is 36.2 Å². The van der Waals surface area contributed by atoms with Gasteiger partial charge < -0.3 is 5.32 Å². The first-order valence-electron chi connectivity index (χ1n) is 5.12. The smallest absolute Gasteiger partial charge is 0.0826 e. The number of allylic oxidation sites excluding steroid dienone is 4. The van der Waals surface area contributed by atoms with Gasteiger partial charge in [-0.3, -0.25) is 4.99 Å². The fraction of sp³-hybridized carbons (Fsp3) is 0.417. The Bertz CT molecular complexity index is 330. The standard InChI is InChI=1S/C12H16N2/c1-3-4-11-12(7-9(2)14-11)13-8-10-5-6-10/h3-4,7,10,14H,1,5-6,8H2,2H3/b11-4+,13-12-. The van der Waals surface area contributed by atoms with E-state index in [1.54, 1.807) is 6.08 Å². The second-order valence-corrected chi connectivity index (χ2v) is 3.94. The second-order valence-electron chi connectivity index (χ2n) is 3.94. The zero-order valence-electron chi connectivity index (χ0n) is 8.59. The predicted molar refractivity (Wildman–Crippen MR) is 60.2 cm³/mol. The molecule has 0 aromatic heterocycles. The van der Waals surface area contributed by atoms with Crippen LogP contribution >= 0.6 is 0 Å². The predicted octanol–water partition coefficient (Wildman–Crippen LogP) is 2.41. The van der Waals surface area contributed by atoms with E-state index in [1.807, 2.05) is 6.08 Å². The first-order valence-corrected chi connectivity index (χ1v) is 5.12. The minimum atomic E-state index is 0.849. The highest BCUT2D eigenvalue weighted by Crippen LogP contribution is 2.29. The van der Waals surface area contributed by atoms with Crippen LogP contribution in [0, 0.1) is 5.92 Å². The minimum absolute atomic E-state index is 0.849.